The molecule has 0 bridgehead atoms. The Hall–Kier alpha value is -2.90. The van der Waals surface area contributed by atoms with Crippen molar-refractivity contribution in [3.8, 4) is 0 Å². The average Bonchev–Trinajstić information content (AvgIpc) is 2.79. The number of hydrogen-bond acceptors (Lipinski definition) is 6. The molecular formula is C19H24N2O6. The number of hydrogen-bond donors (Lipinski definition) is 1. The lowest BCUT2D eigenvalue weighted by Crippen LogP contribution is -2.41. The van der Waals surface area contributed by atoms with Crippen LogP contribution in [0.2, 0.25) is 0 Å². The molecule has 0 saturated heterocycles. The summed E-state index contributed by atoms with van der Waals surface area (Å²) in [6, 6.07) is 5.70. The summed E-state index contributed by atoms with van der Waals surface area (Å²) in [5.74, 6) is -2.16. The molecule has 0 aromatic heterocycles. The van der Waals surface area contributed by atoms with Crippen LogP contribution in [0.25, 0.3) is 0 Å². The number of fused-ring (bicyclic) bond motifs is 1. The molecule has 2 rings (SSSR count). The molecule has 146 valence electrons. The first kappa shape index (κ1) is 20.4. The van der Waals surface area contributed by atoms with Crippen LogP contribution in [-0.4, -0.2) is 40.6 Å². The molecule has 0 saturated carbocycles. The predicted octanol–water partition coefficient (Wildman–Crippen LogP) is 2.82. The number of rotatable bonds is 6. The van der Waals surface area contributed by atoms with Gasteiger partial charge in [0.1, 0.15) is 5.60 Å². The fourth-order valence-corrected chi connectivity index (χ4v) is 2.64. The zero-order chi connectivity index (χ0) is 20.2. The molecule has 1 aliphatic rings. The Labute approximate surface area is 157 Å². The maximum absolute atomic E-state index is 12.2. The minimum Gasteiger partial charge on any atom is -0.444 e. The van der Waals surface area contributed by atoms with Crippen molar-refractivity contribution in [1.82, 2.24) is 10.4 Å². The van der Waals surface area contributed by atoms with Crippen LogP contribution < -0.4 is 5.32 Å². The number of nitrogens with zero attached hydrogens (tertiary/aromatic N) is 1. The zero-order valence-electron chi connectivity index (χ0n) is 15.9. The van der Waals surface area contributed by atoms with Gasteiger partial charge in [0.25, 0.3) is 11.8 Å². The lowest BCUT2D eigenvalue weighted by atomic mass is 10.1. The van der Waals surface area contributed by atoms with E-state index in [0.29, 0.717) is 17.9 Å². The average molecular weight is 376 g/mol. The van der Waals surface area contributed by atoms with Gasteiger partial charge >= 0.3 is 12.1 Å². The molecule has 3 amide bonds. The van der Waals surface area contributed by atoms with E-state index in [4.69, 9.17) is 9.57 Å². The molecule has 1 aromatic rings. The number of alkyl carbamates (subject to hydrolysis) is 1. The van der Waals surface area contributed by atoms with Crippen LogP contribution in [-0.2, 0) is 14.4 Å². The quantitative estimate of drug-likeness (QED) is 0.766. The Kier molecular flexibility index (Phi) is 6.20. The van der Waals surface area contributed by atoms with Gasteiger partial charge in [-0.2, -0.15) is 0 Å². The van der Waals surface area contributed by atoms with E-state index in [1.54, 1.807) is 32.9 Å². The van der Waals surface area contributed by atoms with E-state index in [0.717, 1.165) is 0 Å². The third kappa shape index (κ3) is 5.29. The van der Waals surface area contributed by atoms with Gasteiger partial charge in [0.05, 0.1) is 17.5 Å². The first-order valence-corrected chi connectivity index (χ1v) is 8.80. The van der Waals surface area contributed by atoms with Gasteiger partial charge in [-0.25, -0.2) is 9.59 Å². The summed E-state index contributed by atoms with van der Waals surface area (Å²) in [7, 11) is 0. The molecule has 0 unspecified atom stereocenters. The molecule has 27 heavy (non-hydrogen) atoms. The van der Waals surface area contributed by atoms with Gasteiger partial charge in [-0.1, -0.05) is 30.5 Å². The second-order valence-corrected chi connectivity index (χ2v) is 7.25. The van der Waals surface area contributed by atoms with E-state index in [1.165, 1.54) is 12.1 Å². The Morgan fingerprint density at radius 3 is 2.15 bits per heavy atom. The fourth-order valence-electron chi connectivity index (χ4n) is 2.64. The van der Waals surface area contributed by atoms with Crippen LogP contribution in [0.1, 0.15) is 67.7 Å². The number of ether oxygens (including phenoxy) is 1. The molecule has 1 heterocycles. The molecule has 1 atom stereocenters. The summed E-state index contributed by atoms with van der Waals surface area (Å²) in [6.45, 7) is 7.10. The van der Waals surface area contributed by atoms with Crippen LogP contribution in [0.3, 0.4) is 0 Å². The lowest BCUT2D eigenvalue weighted by Gasteiger charge is -2.23. The van der Waals surface area contributed by atoms with Gasteiger partial charge in [-0.15, -0.1) is 0 Å². The van der Waals surface area contributed by atoms with E-state index in [2.05, 4.69) is 5.32 Å². The summed E-state index contributed by atoms with van der Waals surface area (Å²) in [5.41, 5.74) is -0.291. The number of hydroxylamine groups is 2. The first-order valence-electron chi connectivity index (χ1n) is 8.80. The normalized spacial score (nSPS) is 14.6. The molecule has 0 fully saturated rings. The van der Waals surface area contributed by atoms with Crippen molar-refractivity contribution >= 4 is 23.9 Å². The Bertz CT molecular complexity index is 718. The van der Waals surface area contributed by atoms with Gasteiger partial charge in [-0.3, -0.25) is 9.59 Å². The molecule has 1 aromatic carbocycles. The maximum Gasteiger partial charge on any atom is 0.407 e. The fraction of sp³-hybridized carbons (Fsp3) is 0.474. The smallest absolute Gasteiger partial charge is 0.407 e. The standard InChI is InChI=1S/C19H24N2O6/c1-5-8-12(20-18(25)26-19(2,3)4)11-15(22)27-21-16(23)13-9-6-7-10-14(13)17(21)24/h6-7,9-10,12H,5,8,11H2,1-4H3,(H,20,25)/t12-/m1/s1. The summed E-state index contributed by atoms with van der Waals surface area (Å²) in [5, 5.41) is 3.08. The van der Waals surface area contributed by atoms with Gasteiger partial charge in [-0.05, 0) is 39.3 Å². The lowest BCUT2D eigenvalue weighted by molar-refractivity contribution is -0.169. The van der Waals surface area contributed by atoms with Crippen LogP contribution in [0.15, 0.2) is 24.3 Å². The molecule has 0 radical (unpaired) electrons. The minimum atomic E-state index is -0.793. The van der Waals surface area contributed by atoms with E-state index in [-0.39, 0.29) is 17.5 Å². The van der Waals surface area contributed by atoms with Gasteiger partial charge in [0.15, 0.2) is 0 Å². The minimum absolute atomic E-state index is 0.187. The van der Waals surface area contributed by atoms with Crippen molar-refractivity contribution in [3.05, 3.63) is 35.4 Å². The second kappa shape index (κ2) is 8.20. The highest BCUT2D eigenvalue weighted by Crippen LogP contribution is 2.23. The van der Waals surface area contributed by atoms with Gasteiger partial charge in [0.2, 0.25) is 0 Å². The first-order chi connectivity index (χ1) is 12.6. The molecule has 1 aliphatic heterocycles. The van der Waals surface area contributed by atoms with Crippen molar-refractivity contribution in [1.29, 1.82) is 0 Å². The van der Waals surface area contributed by atoms with Crippen molar-refractivity contribution in [2.24, 2.45) is 0 Å². The van der Waals surface area contributed by atoms with Crippen molar-refractivity contribution < 1.29 is 28.8 Å². The van der Waals surface area contributed by atoms with Crippen LogP contribution in [0.5, 0.6) is 0 Å². The molecule has 8 nitrogen and oxygen atoms in total. The number of benzene rings is 1. The Balaban J connectivity index is 1.97. The summed E-state index contributed by atoms with van der Waals surface area (Å²) in [6.07, 6.45) is 0.382. The molecule has 0 spiro atoms. The second-order valence-electron chi connectivity index (χ2n) is 7.25. The molecule has 1 N–H and O–H groups in total. The highest BCUT2D eigenvalue weighted by atomic mass is 16.7. The molecule has 8 heteroatoms. The van der Waals surface area contributed by atoms with Gasteiger partial charge < -0.3 is 14.9 Å². The van der Waals surface area contributed by atoms with Crippen LogP contribution >= 0.6 is 0 Å². The summed E-state index contributed by atoms with van der Waals surface area (Å²) < 4.78 is 5.19. The highest BCUT2D eigenvalue weighted by molar-refractivity contribution is 6.20. The number of nitrogens with one attached hydrogen (secondary N) is 1. The Morgan fingerprint density at radius 2 is 1.67 bits per heavy atom. The SMILES string of the molecule is CCC[C@H](CC(=O)ON1C(=O)c2ccccc2C1=O)NC(=O)OC(C)(C)C. The van der Waals surface area contributed by atoms with E-state index in [9.17, 15) is 19.2 Å². The van der Waals surface area contributed by atoms with Crippen molar-refractivity contribution in [2.75, 3.05) is 0 Å². The number of amides is 3. The van der Waals surface area contributed by atoms with E-state index < -0.39 is 35.5 Å². The van der Waals surface area contributed by atoms with Gasteiger partial charge in [0, 0.05) is 6.04 Å². The zero-order valence-corrected chi connectivity index (χ0v) is 15.9. The van der Waals surface area contributed by atoms with Crippen LogP contribution in [0, 0.1) is 0 Å². The van der Waals surface area contributed by atoms with E-state index in [1.807, 2.05) is 6.92 Å². The third-order valence-corrected chi connectivity index (χ3v) is 3.72. The van der Waals surface area contributed by atoms with Crippen molar-refractivity contribution in [2.45, 2.75) is 58.6 Å². The van der Waals surface area contributed by atoms with Crippen LogP contribution in [0.4, 0.5) is 4.79 Å². The highest BCUT2D eigenvalue weighted by Gasteiger charge is 2.38. The largest absolute Gasteiger partial charge is 0.444 e. The summed E-state index contributed by atoms with van der Waals surface area (Å²) >= 11 is 0. The number of carbonyl (C=O) groups is 4. The topological polar surface area (TPSA) is 102 Å². The number of imide groups is 1. The Morgan fingerprint density at radius 1 is 1.11 bits per heavy atom. The summed E-state index contributed by atoms with van der Waals surface area (Å²) in [4.78, 5) is 53.6. The van der Waals surface area contributed by atoms with Crippen molar-refractivity contribution in [3.63, 3.8) is 0 Å². The van der Waals surface area contributed by atoms with E-state index >= 15 is 0 Å². The molecular weight excluding hydrogens is 352 g/mol. The predicted molar refractivity (Wildman–Crippen MR) is 95.7 cm³/mol. The maximum atomic E-state index is 12.2. The molecule has 0 aliphatic carbocycles. The monoisotopic (exact) mass is 376 g/mol. The third-order valence-electron chi connectivity index (χ3n) is 3.72. The number of carbonyl (C=O) groups excluding carboxylic acids is 4.